The molecule has 0 saturated carbocycles. The Labute approximate surface area is 139 Å². The lowest BCUT2D eigenvalue weighted by Crippen LogP contribution is -2.43. The Kier molecular flexibility index (Phi) is 7.55. The molecule has 2 atom stereocenters. The summed E-state index contributed by atoms with van der Waals surface area (Å²) in [6, 6.07) is 7.70. The van der Waals surface area contributed by atoms with Crippen LogP contribution in [-0.4, -0.2) is 38.5 Å². The van der Waals surface area contributed by atoms with Gasteiger partial charge >= 0.3 is 0 Å². The van der Waals surface area contributed by atoms with E-state index in [0.29, 0.717) is 6.42 Å². The van der Waals surface area contributed by atoms with E-state index in [2.05, 4.69) is 5.32 Å². The third kappa shape index (κ3) is 6.22. The third-order valence-corrected chi connectivity index (χ3v) is 6.08. The van der Waals surface area contributed by atoms with Crippen molar-refractivity contribution in [1.29, 1.82) is 0 Å². The lowest BCUT2D eigenvalue weighted by molar-refractivity contribution is -0.121. The van der Waals surface area contributed by atoms with Gasteiger partial charge in [0.1, 0.15) is 11.0 Å². The van der Waals surface area contributed by atoms with Gasteiger partial charge in [0, 0.05) is 6.04 Å². The predicted octanol–water partition coefficient (Wildman–Crippen LogP) is 2.35. The molecule has 0 aromatic heterocycles. The van der Waals surface area contributed by atoms with Crippen molar-refractivity contribution in [3.8, 4) is 5.75 Å². The molecule has 0 saturated heterocycles. The third-order valence-electron chi connectivity index (χ3n) is 3.81. The molecule has 0 heterocycles. The van der Waals surface area contributed by atoms with E-state index in [-0.39, 0.29) is 11.8 Å². The highest BCUT2D eigenvalue weighted by atomic mass is 32.2. The van der Waals surface area contributed by atoms with Crippen LogP contribution in [0.15, 0.2) is 24.3 Å². The van der Waals surface area contributed by atoms with Crippen LogP contribution in [0.1, 0.15) is 39.2 Å². The summed E-state index contributed by atoms with van der Waals surface area (Å²) in [4.78, 5) is 12.1. The zero-order chi connectivity index (χ0) is 17.5. The maximum Gasteiger partial charge on any atom is 0.238 e. The number of ether oxygens (including phenoxy) is 1. The SMILES string of the molecule is CCCS(=O)(=O)[C@H](C)C(=O)N[C@H](C)CCc1ccc(OC)cc1. The number of nitrogens with one attached hydrogen (secondary N) is 1. The average Bonchev–Trinajstić information content (AvgIpc) is 2.52. The first kappa shape index (κ1) is 19.5. The van der Waals surface area contributed by atoms with Crippen LogP contribution in [-0.2, 0) is 21.1 Å². The van der Waals surface area contributed by atoms with Crippen molar-refractivity contribution >= 4 is 15.7 Å². The second kappa shape index (κ2) is 8.91. The molecule has 1 amide bonds. The van der Waals surface area contributed by atoms with Crippen molar-refractivity contribution in [2.45, 2.75) is 51.3 Å². The number of carbonyl (C=O) groups is 1. The highest BCUT2D eigenvalue weighted by Gasteiger charge is 2.27. The van der Waals surface area contributed by atoms with Crippen LogP contribution in [0.25, 0.3) is 0 Å². The second-order valence-corrected chi connectivity index (χ2v) is 8.25. The maximum absolute atomic E-state index is 12.1. The van der Waals surface area contributed by atoms with E-state index >= 15 is 0 Å². The number of hydrogen-bond acceptors (Lipinski definition) is 4. The van der Waals surface area contributed by atoms with Crippen LogP contribution < -0.4 is 10.1 Å². The molecular weight excluding hydrogens is 314 g/mol. The Hall–Kier alpha value is -1.56. The van der Waals surface area contributed by atoms with E-state index < -0.39 is 21.0 Å². The van der Waals surface area contributed by atoms with E-state index in [1.54, 1.807) is 14.0 Å². The normalized spacial score (nSPS) is 14.1. The largest absolute Gasteiger partial charge is 0.497 e. The topological polar surface area (TPSA) is 72.5 Å². The number of rotatable bonds is 9. The fourth-order valence-corrected chi connectivity index (χ4v) is 3.55. The summed E-state index contributed by atoms with van der Waals surface area (Å²) in [7, 11) is -1.73. The fraction of sp³-hybridized carbons (Fsp3) is 0.588. The molecule has 0 spiro atoms. The van der Waals surface area contributed by atoms with Crippen molar-refractivity contribution in [1.82, 2.24) is 5.32 Å². The molecule has 6 heteroatoms. The summed E-state index contributed by atoms with van der Waals surface area (Å²) in [5, 5.41) is 1.80. The molecule has 0 aliphatic carbocycles. The Bertz CT molecular complexity index is 596. The Morgan fingerprint density at radius 3 is 2.35 bits per heavy atom. The molecule has 1 aromatic rings. The number of carbonyl (C=O) groups excluding carboxylic acids is 1. The summed E-state index contributed by atoms with van der Waals surface area (Å²) in [5.41, 5.74) is 1.15. The minimum Gasteiger partial charge on any atom is -0.497 e. The number of aryl methyl sites for hydroxylation is 1. The Morgan fingerprint density at radius 2 is 1.83 bits per heavy atom. The van der Waals surface area contributed by atoms with E-state index in [9.17, 15) is 13.2 Å². The van der Waals surface area contributed by atoms with Crippen molar-refractivity contribution < 1.29 is 17.9 Å². The van der Waals surface area contributed by atoms with Gasteiger partial charge in [-0.2, -0.15) is 0 Å². The van der Waals surface area contributed by atoms with Crippen LogP contribution in [0.3, 0.4) is 0 Å². The monoisotopic (exact) mass is 341 g/mol. The Balaban J connectivity index is 2.49. The van der Waals surface area contributed by atoms with E-state index in [1.165, 1.54) is 6.92 Å². The molecule has 0 fully saturated rings. The van der Waals surface area contributed by atoms with Gasteiger partial charge in [-0.25, -0.2) is 8.42 Å². The first-order valence-electron chi connectivity index (χ1n) is 7.95. The number of amides is 1. The molecule has 0 aliphatic rings. The van der Waals surface area contributed by atoms with Gasteiger partial charge in [0.25, 0.3) is 0 Å². The van der Waals surface area contributed by atoms with Gasteiger partial charge in [-0.15, -0.1) is 0 Å². The van der Waals surface area contributed by atoms with Crippen molar-refractivity contribution in [2.75, 3.05) is 12.9 Å². The van der Waals surface area contributed by atoms with Crippen LogP contribution in [0.2, 0.25) is 0 Å². The molecule has 1 N–H and O–H groups in total. The highest BCUT2D eigenvalue weighted by molar-refractivity contribution is 7.92. The standard InChI is InChI=1S/C17H27NO4S/c1-5-12-23(20,21)14(3)17(19)18-13(2)6-7-15-8-10-16(22-4)11-9-15/h8-11,13-14H,5-7,12H2,1-4H3,(H,18,19)/t13-,14-/m1/s1. The summed E-state index contributed by atoms with van der Waals surface area (Å²) in [5.74, 6) is 0.438. The van der Waals surface area contributed by atoms with Crippen molar-refractivity contribution in [3.63, 3.8) is 0 Å². The molecular formula is C17H27NO4S. The highest BCUT2D eigenvalue weighted by Crippen LogP contribution is 2.13. The second-order valence-electron chi connectivity index (χ2n) is 5.81. The zero-order valence-corrected chi connectivity index (χ0v) is 15.2. The molecule has 23 heavy (non-hydrogen) atoms. The van der Waals surface area contributed by atoms with Gasteiger partial charge in [0.2, 0.25) is 5.91 Å². The maximum atomic E-state index is 12.1. The van der Waals surface area contributed by atoms with Gasteiger partial charge in [-0.3, -0.25) is 4.79 Å². The van der Waals surface area contributed by atoms with Gasteiger partial charge in [-0.1, -0.05) is 19.1 Å². The number of methoxy groups -OCH3 is 1. The van der Waals surface area contributed by atoms with Gasteiger partial charge in [0.15, 0.2) is 9.84 Å². The quantitative estimate of drug-likeness (QED) is 0.748. The molecule has 1 aromatic carbocycles. The van der Waals surface area contributed by atoms with Crippen LogP contribution >= 0.6 is 0 Å². The van der Waals surface area contributed by atoms with Crippen LogP contribution in [0.4, 0.5) is 0 Å². The molecule has 5 nitrogen and oxygen atoms in total. The fourth-order valence-electron chi connectivity index (χ4n) is 2.23. The smallest absolute Gasteiger partial charge is 0.238 e. The zero-order valence-electron chi connectivity index (χ0n) is 14.3. The van der Waals surface area contributed by atoms with Gasteiger partial charge in [-0.05, 0) is 50.8 Å². The predicted molar refractivity (Wildman–Crippen MR) is 92.5 cm³/mol. The molecule has 0 bridgehead atoms. The van der Waals surface area contributed by atoms with Crippen molar-refractivity contribution in [2.24, 2.45) is 0 Å². The number of benzene rings is 1. The summed E-state index contributed by atoms with van der Waals surface area (Å²) in [6.07, 6.45) is 2.08. The lowest BCUT2D eigenvalue weighted by atomic mass is 10.1. The molecule has 0 radical (unpaired) electrons. The van der Waals surface area contributed by atoms with E-state index in [4.69, 9.17) is 4.74 Å². The summed E-state index contributed by atoms with van der Waals surface area (Å²) >= 11 is 0. The van der Waals surface area contributed by atoms with Gasteiger partial charge < -0.3 is 10.1 Å². The molecule has 0 aliphatic heterocycles. The molecule has 130 valence electrons. The minimum absolute atomic E-state index is 0.0435. The number of hydrogen-bond donors (Lipinski definition) is 1. The van der Waals surface area contributed by atoms with E-state index in [1.807, 2.05) is 31.2 Å². The molecule has 0 unspecified atom stereocenters. The first-order valence-corrected chi connectivity index (χ1v) is 9.66. The lowest BCUT2D eigenvalue weighted by Gasteiger charge is -2.18. The van der Waals surface area contributed by atoms with Crippen LogP contribution in [0, 0.1) is 0 Å². The molecule has 1 rings (SSSR count). The van der Waals surface area contributed by atoms with Crippen LogP contribution in [0.5, 0.6) is 5.75 Å². The number of sulfone groups is 1. The Morgan fingerprint density at radius 1 is 1.22 bits per heavy atom. The summed E-state index contributed by atoms with van der Waals surface area (Å²) < 4.78 is 29.0. The minimum atomic E-state index is -3.36. The summed E-state index contributed by atoms with van der Waals surface area (Å²) in [6.45, 7) is 5.14. The van der Waals surface area contributed by atoms with E-state index in [0.717, 1.165) is 24.2 Å². The van der Waals surface area contributed by atoms with Crippen molar-refractivity contribution in [3.05, 3.63) is 29.8 Å². The first-order chi connectivity index (χ1) is 10.8. The average molecular weight is 341 g/mol. The van der Waals surface area contributed by atoms with Gasteiger partial charge in [0.05, 0.1) is 12.9 Å².